The van der Waals surface area contributed by atoms with Crippen molar-refractivity contribution in [3.63, 3.8) is 0 Å². The molecule has 3 aromatic rings. The molecule has 0 atom stereocenters. The first-order valence-electron chi connectivity index (χ1n) is 8.14. The van der Waals surface area contributed by atoms with Crippen molar-refractivity contribution in [1.82, 2.24) is 29.9 Å². The molecule has 1 amide bonds. The number of hydrogen-bond acceptors (Lipinski definition) is 5. The quantitative estimate of drug-likeness (QED) is 0.748. The molecule has 25 heavy (non-hydrogen) atoms. The number of carbonyl (C=O) groups is 1. The molecule has 4 heterocycles. The van der Waals surface area contributed by atoms with Crippen molar-refractivity contribution < 1.29 is 4.79 Å². The number of anilines is 1. The molecule has 0 aliphatic carbocycles. The van der Waals surface area contributed by atoms with Gasteiger partial charge in [0.15, 0.2) is 5.65 Å². The van der Waals surface area contributed by atoms with E-state index in [4.69, 9.17) is 11.6 Å². The van der Waals surface area contributed by atoms with Crippen LogP contribution in [-0.2, 0) is 0 Å². The molecule has 1 fully saturated rings. The maximum Gasteiger partial charge on any atom is 0.274 e. The Bertz CT molecular complexity index is 910. The maximum absolute atomic E-state index is 12.6. The van der Waals surface area contributed by atoms with Gasteiger partial charge in [0.05, 0.1) is 28.3 Å². The van der Waals surface area contributed by atoms with E-state index in [1.165, 1.54) is 0 Å². The minimum atomic E-state index is -0.319. The van der Waals surface area contributed by atoms with E-state index in [0.29, 0.717) is 33.5 Å². The molecule has 1 saturated heterocycles. The normalized spacial score (nSPS) is 16.4. The summed E-state index contributed by atoms with van der Waals surface area (Å²) in [5, 5.41) is 14.9. The van der Waals surface area contributed by atoms with Crippen molar-refractivity contribution in [3.05, 3.63) is 35.4 Å². The Kier molecular flexibility index (Phi) is 4.14. The number of hydrogen-bond donors (Lipinski definition) is 2. The Balaban J connectivity index is 1.51. The van der Waals surface area contributed by atoms with Gasteiger partial charge in [-0.15, -0.1) is 0 Å². The van der Waals surface area contributed by atoms with Crippen LogP contribution in [0.25, 0.3) is 11.0 Å². The Morgan fingerprint density at radius 2 is 2.20 bits per heavy atom. The van der Waals surface area contributed by atoms with Gasteiger partial charge in [0, 0.05) is 12.4 Å². The van der Waals surface area contributed by atoms with E-state index < -0.39 is 0 Å². The summed E-state index contributed by atoms with van der Waals surface area (Å²) in [6.07, 6.45) is 7.19. The molecule has 9 heteroatoms. The molecule has 0 saturated carbocycles. The van der Waals surface area contributed by atoms with E-state index in [-0.39, 0.29) is 5.91 Å². The van der Waals surface area contributed by atoms with Crippen LogP contribution in [-0.4, -0.2) is 55.9 Å². The zero-order valence-corrected chi connectivity index (χ0v) is 14.5. The zero-order valence-electron chi connectivity index (χ0n) is 13.7. The number of likely N-dealkylation sites (tertiary alicyclic amines) is 1. The predicted molar refractivity (Wildman–Crippen MR) is 94.8 cm³/mol. The number of amides is 1. The molecule has 130 valence electrons. The molecule has 1 aliphatic heterocycles. The van der Waals surface area contributed by atoms with Crippen molar-refractivity contribution in [3.8, 4) is 0 Å². The summed E-state index contributed by atoms with van der Waals surface area (Å²) in [5.74, 6) is -0.319. The minimum absolute atomic E-state index is 0.292. The van der Waals surface area contributed by atoms with E-state index in [0.717, 1.165) is 25.9 Å². The second kappa shape index (κ2) is 6.45. The summed E-state index contributed by atoms with van der Waals surface area (Å²) < 4.78 is 1.93. The highest BCUT2D eigenvalue weighted by molar-refractivity contribution is 6.36. The van der Waals surface area contributed by atoms with Crippen LogP contribution < -0.4 is 5.32 Å². The van der Waals surface area contributed by atoms with Crippen molar-refractivity contribution in [2.45, 2.75) is 18.9 Å². The number of rotatable bonds is 3. The van der Waals surface area contributed by atoms with Gasteiger partial charge in [-0.1, -0.05) is 11.6 Å². The number of pyridine rings is 1. The molecular formula is C16H18ClN7O. The van der Waals surface area contributed by atoms with Gasteiger partial charge in [0.2, 0.25) is 0 Å². The van der Waals surface area contributed by atoms with Gasteiger partial charge in [-0.2, -0.15) is 10.2 Å². The number of H-pyrrole nitrogens is 1. The van der Waals surface area contributed by atoms with Gasteiger partial charge in [0.25, 0.3) is 5.91 Å². The van der Waals surface area contributed by atoms with Gasteiger partial charge in [0.1, 0.15) is 5.69 Å². The topological polar surface area (TPSA) is 91.7 Å². The largest absolute Gasteiger partial charge is 0.318 e. The average molecular weight is 360 g/mol. The lowest BCUT2D eigenvalue weighted by Crippen LogP contribution is -2.31. The van der Waals surface area contributed by atoms with Gasteiger partial charge in [-0.05, 0) is 39.0 Å². The van der Waals surface area contributed by atoms with Crippen LogP contribution in [0.5, 0.6) is 0 Å². The third kappa shape index (κ3) is 3.10. The molecule has 0 aromatic carbocycles. The van der Waals surface area contributed by atoms with Crippen LogP contribution in [0.1, 0.15) is 29.4 Å². The highest BCUT2D eigenvalue weighted by atomic mass is 35.5. The summed E-state index contributed by atoms with van der Waals surface area (Å²) >= 11 is 6.17. The Hall–Kier alpha value is -2.45. The van der Waals surface area contributed by atoms with Gasteiger partial charge >= 0.3 is 0 Å². The molecule has 3 aromatic heterocycles. The predicted octanol–water partition coefficient (Wildman–Crippen LogP) is 2.33. The first-order chi connectivity index (χ1) is 12.1. The fourth-order valence-corrected chi connectivity index (χ4v) is 3.36. The van der Waals surface area contributed by atoms with Crippen LogP contribution in [0.2, 0.25) is 5.02 Å². The molecule has 0 radical (unpaired) electrons. The first kappa shape index (κ1) is 16.0. The number of nitrogens with one attached hydrogen (secondary N) is 2. The highest BCUT2D eigenvalue weighted by Gasteiger charge is 2.20. The number of piperidine rings is 1. The maximum atomic E-state index is 12.6. The van der Waals surface area contributed by atoms with Crippen LogP contribution in [0, 0.1) is 0 Å². The third-order valence-electron chi connectivity index (χ3n) is 4.55. The number of nitrogens with zero attached hydrogens (tertiary/aromatic N) is 5. The van der Waals surface area contributed by atoms with Gasteiger partial charge < -0.3 is 10.2 Å². The van der Waals surface area contributed by atoms with Gasteiger partial charge in [-0.3, -0.25) is 14.6 Å². The van der Waals surface area contributed by atoms with E-state index >= 15 is 0 Å². The monoisotopic (exact) mass is 359 g/mol. The molecule has 0 bridgehead atoms. The summed E-state index contributed by atoms with van der Waals surface area (Å²) in [6, 6.07) is 2.00. The van der Waals surface area contributed by atoms with E-state index in [2.05, 4.69) is 37.5 Å². The molecular weight excluding hydrogens is 342 g/mol. The smallest absolute Gasteiger partial charge is 0.274 e. The Morgan fingerprint density at radius 3 is 3.00 bits per heavy atom. The van der Waals surface area contributed by atoms with Crippen LogP contribution >= 0.6 is 11.6 Å². The Labute approximate surface area is 149 Å². The van der Waals surface area contributed by atoms with Crippen LogP contribution in [0.15, 0.2) is 24.7 Å². The van der Waals surface area contributed by atoms with Crippen molar-refractivity contribution >= 4 is 34.2 Å². The summed E-state index contributed by atoms with van der Waals surface area (Å²) in [4.78, 5) is 19.0. The standard InChI is InChI=1S/C16H18ClN7O/c1-23-6-3-11(4-7-23)24-9-10(8-19-24)20-16(25)14-13-12(17)2-5-18-15(13)22-21-14/h2,5,8-9,11H,3-4,6-7H2,1H3,(H,20,25)(H,18,21,22). The van der Waals surface area contributed by atoms with Crippen molar-refractivity contribution in [2.24, 2.45) is 0 Å². The highest BCUT2D eigenvalue weighted by Crippen LogP contribution is 2.25. The number of aromatic amines is 1. The SMILES string of the molecule is CN1CCC(n2cc(NC(=O)c3[nH]nc4nccc(Cl)c34)cn2)CC1. The number of carbonyl (C=O) groups excluding carboxylic acids is 1. The van der Waals surface area contributed by atoms with Crippen LogP contribution in [0.3, 0.4) is 0 Å². The molecule has 0 unspecified atom stereocenters. The van der Waals surface area contributed by atoms with E-state index in [9.17, 15) is 4.79 Å². The first-order valence-corrected chi connectivity index (χ1v) is 8.52. The fraction of sp³-hybridized carbons (Fsp3) is 0.375. The van der Waals surface area contributed by atoms with E-state index in [1.807, 2.05) is 10.9 Å². The Morgan fingerprint density at radius 1 is 1.40 bits per heavy atom. The van der Waals surface area contributed by atoms with E-state index in [1.54, 1.807) is 18.5 Å². The second-order valence-corrected chi connectivity index (χ2v) is 6.69. The molecule has 2 N–H and O–H groups in total. The minimum Gasteiger partial charge on any atom is -0.318 e. The fourth-order valence-electron chi connectivity index (χ4n) is 3.13. The van der Waals surface area contributed by atoms with Crippen molar-refractivity contribution in [2.75, 3.05) is 25.5 Å². The number of aromatic nitrogens is 5. The summed E-state index contributed by atoms with van der Waals surface area (Å²) in [7, 11) is 2.12. The lowest BCUT2D eigenvalue weighted by atomic mass is 10.1. The summed E-state index contributed by atoms with van der Waals surface area (Å²) in [6.45, 7) is 2.11. The van der Waals surface area contributed by atoms with Crippen molar-refractivity contribution in [1.29, 1.82) is 0 Å². The zero-order chi connectivity index (χ0) is 17.4. The summed E-state index contributed by atoms with van der Waals surface area (Å²) in [5.41, 5.74) is 1.35. The molecule has 4 rings (SSSR count). The molecule has 0 spiro atoms. The number of halogens is 1. The third-order valence-corrected chi connectivity index (χ3v) is 4.87. The molecule has 8 nitrogen and oxygen atoms in total. The number of fused-ring (bicyclic) bond motifs is 1. The second-order valence-electron chi connectivity index (χ2n) is 6.29. The van der Waals surface area contributed by atoms with Crippen LogP contribution in [0.4, 0.5) is 5.69 Å². The van der Waals surface area contributed by atoms with Gasteiger partial charge in [-0.25, -0.2) is 4.98 Å². The lowest BCUT2D eigenvalue weighted by Gasteiger charge is -2.28. The lowest BCUT2D eigenvalue weighted by molar-refractivity contribution is 0.102. The molecule has 1 aliphatic rings. The average Bonchev–Trinajstić information content (AvgIpc) is 3.23.